The maximum Gasteiger partial charge on any atom is 0.290 e. The molecule has 1 aliphatic rings. The van der Waals surface area contributed by atoms with Crippen molar-refractivity contribution in [3.63, 3.8) is 0 Å². The number of pyridine rings is 1. The molecule has 0 saturated heterocycles. The number of amides is 1. The van der Waals surface area contributed by atoms with Gasteiger partial charge in [0, 0.05) is 18.9 Å². The second kappa shape index (κ2) is 6.96. The molecule has 6 heteroatoms. The van der Waals surface area contributed by atoms with E-state index in [0.717, 1.165) is 18.5 Å². The van der Waals surface area contributed by atoms with Crippen molar-refractivity contribution in [3.8, 4) is 0 Å². The Labute approximate surface area is 157 Å². The average Bonchev–Trinajstić information content (AvgIpc) is 2.95. The Morgan fingerprint density at radius 1 is 1.15 bits per heavy atom. The zero-order valence-electron chi connectivity index (χ0n) is 15.4. The summed E-state index contributed by atoms with van der Waals surface area (Å²) in [7, 11) is 3.99. The number of aromatic nitrogens is 1. The largest absolute Gasteiger partial charge is 0.450 e. The molecule has 4 rings (SSSR count). The van der Waals surface area contributed by atoms with Crippen LogP contribution in [0.25, 0.3) is 11.0 Å². The minimum Gasteiger partial charge on any atom is -0.450 e. The molecule has 0 aliphatic carbocycles. The first kappa shape index (κ1) is 17.4. The highest BCUT2D eigenvalue weighted by molar-refractivity contribution is 5.99. The van der Waals surface area contributed by atoms with Gasteiger partial charge in [0.25, 0.3) is 5.91 Å². The lowest BCUT2D eigenvalue weighted by Gasteiger charge is -2.25. The quantitative estimate of drug-likeness (QED) is 0.697. The van der Waals surface area contributed by atoms with Crippen LogP contribution in [0, 0.1) is 0 Å². The third kappa shape index (κ3) is 3.02. The Morgan fingerprint density at radius 2 is 1.96 bits per heavy atom. The molecule has 0 fully saturated rings. The molecule has 1 amide bonds. The first-order valence-electron chi connectivity index (χ1n) is 8.99. The molecule has 0 radical (unpaired) electrons. The van der Waals surface area contributed by atoms with Crippen molar-refractivity contribution >= 4 is 16.9 Å². The fourth-order valence-electron chi connectivity index (χ4n) is 3.64. The maximum atomic E-state index is 13.2. The van der Waals surface area contributed by atoms with Crippen LogP contribution in [-0.2, 0) is 0 Å². The number of benzene rings is 1. The van der Waals surface area contributed by atoms with Crippen LogP contribution >= 0.6 is 0 Å². The summed E-state index contributed by atoms with van der Waals surface area (Å²) in [4.78, 5) is 34.3. The van der Waals surface area contributed by atoms with Crippen molar-refractivity contribution in [1.82, 2.24) is 14.8 Å². The fraction of sp³-hybridized carbons (Fsp3) is 0.286. The van der Waals surface area contributed by atoms with Crippen LogP contribution in [0.2, 0.25) is 0 Å². The molecule has 3 heterocycles. The average molecular weight is 363 g/mol. The van der Waals surface area contributed by atoms with Gasteiger partial charge in [-0.15, -0.1) is 0 Å². The summed E-state index contributed by atoms with van der Waals surface area (Å²) in [5, 5.41) is 0.494. The minimum absolute atomic E-state index is 0.149. The summed E-state index contributed by atoms with van der Waals surface area (Å²) >= 11 is 0. The van der Waals surface area contributed by atoms with E-state index in [1.165, 1.54) is 0 Å². The second-order valence-electron chi connectivity index (χ2n) is 7.01. The molecule has 0 bridgehead atoms. The minimum atomic E-state index is -0.468. The fourth-order valence-corrected chi connectivity index (χ4v) is 3.64. The highest BCUT2D eigenvalue weighted by atomic mass is 16.3. The van der Waals surface area contributed by atoms with Gasteiger partial charge < -0.3 is 14.2 Å². The Balaban J connectivity index is 1.86. The van der Waals surface area contributed by atoms with Crippen molar-refractivity contribution in [3.05, 3.63) is 75.9 Å². The lowest BCUT2D eigenvalue weighted by Crippen LogP contribution is -2.32. The van der Waals surface area contributed by atoms with Crippen LogP contribution in [0.1, 0.15) is 34.1 Å². The van der Waals surface area contributed by atoms with Gasteiger partial charge in [0.05, 0.1) is 17.0 Å². The van der Waals surface area contributed by atoms with Crippen molar-refractivity contribution < 1.29 is 9.21 Å². The molecular weight excluding hydrogens is 342 g/mol. The van der Waals surface area contributed by atoms with Crippen LogP contribution in [-0.4, -0.2) is 47.9 Å². The molecule has 27 heavy (non-hydrogen) atoms. The van der Waals surface area contributed by atoms with Gasteiger partial charge in [-0.25, -0.2) is 0 Å². The molecule has 1 aromatic carbocycles. The predicted octanol–water partition coefficient (Wildman–Crippen LogP) is 2.68. The molecule has 1 aliphatic heterocycles. The van der Waals surface area contributed by atoms with E-state index in [1.807, 2.05) is 26.2 Å². The van der Waals surface area contributed by atoms with Gasteiger partial charge >= 0.3 is 0 Å². The third-order valence-corrected chi connectivity index (χ3v) is 4.88. The summed E-state index contributed by atoms with van der Waals surface area (Å²) in [5.74, 6) is -0.0853. The smallest absolute Gasteiger partial charge is 0.290 e. The molecule has 138 valence electrons. The highest BCUT2D eigenvalue weighted by Crippen LogP contribution is 2.37. The number of rotatable bonds is 5. The summed E-state index contributed by atoms with van der Waals surface area (Å²) in [5.41, 5.74) is 1.52. The van der Waals surface area contributed by atoms with E-state index < -0.39 is 6.04 Å². The monoisotopic (exact) mass is 363 g/mol. The van der Waals surface area contributed by atoms with Gasteiger partial charge in [-0.3, -0.25) is 14.6 Å². The number of nitrogens with zero attached hydrogens (tertiary/aromatic N) is 3. The van der Waals surface area contributed by atoms with E-state index in [9.17, 15) is 9.59 Å². The number of fused-ring (bicyclic) bond motifs is 2. The molecule has 0 N–H and O–H groups in total. The Kier molecular flexibility index (Phi) is 4.49. The van der Waals surface area contributed by atoms with Crippen molar-refractivity contribution in [1.29, 1.82) is 0 Å². The number of hydrogen-bond acceptors (Lipinski definition) is 5. The third-order valence-electron chi connectivity index (χ3n) is 4.88. The van der Waals surface area contributed by atoms with E-state index >= 15 is 0 Å². The summed E-state index contributed by atoms with van der Waals surface area (Å²) < 4.78 is 5.88. The predicted molar refractivity (Wildman–Crippen MR) is 103 cm³/mol. The molecular formula is C21H21N3O3. The van der Waals surface area contributed by atoms with Crippen LogP contribution in [0.15, 0.2) is 58.0 Å². The van der Waals surface area contributed by atoms with Crippen molar-refractivity contribution in [2.45, 2.75) is 12.5 Å². The lowest BCUT2D eigenvalue weighted by atomic mass is 10.00. The van der Waals surface area contributed by atoms with Gasteiger partial charge in [0.2, 0.25) is 5.76 Å². The van der Waals surface area contributed by atoms with E-state index in [-0.39, 0.29) is 17.1 Å². The zero-order valence-corrected chi connectivity index (χ0v) is 15.4. The molecule has 0 saturated carbocycles. The summed E-state index contributed by atoms with van der Waals surface area (Å²) in [6.45, 7) is 1.39. The van der Waals surface area contributed by atoms with Crippen LogP contribution in [0.3, 0.4) is 0 Å². The topological polar surface area (TPSA) is 66.7 Å². The van der Waals surface area contributed by atoms with Crippen LogP contribution in [0.5, 0.6) is 0 Å². The van der Waals surface area contributed by atoms with Crippen LogP contribution in [0.4, 0.5) is 0 Å². The number of para-hydroxylation sites is 1. The van der Waals surface area contributed by atoms with Crippen molar-refractivity contribution in [2.75, 3.05) is 27.2 Å². The normalized spacial score (nSPS) is 16.3. The standard InChI is InChI=1S/C21H21N3O3/c1-23(2)11-6-12-24-18(14-7-5-10-22-13-14)17-19(25)15-8-3-4-9-16(15)27-20(17)21(24)26/h3-5,7-10,13,18H,6,11-12H2,1-2H3. The molecule has 0 spiro atoms. The second-order valence-corrected chi connectivity index (χ2v) is 7.01. The summed E-state index contributed by atoms with van der Waals surface area (Å²) in [6, 6.07) is 10.3. The SMILES string of the molecule is CN(C)CCCN1C(=O)c2oc3ccccc3c(=O)c2C1c1cccnc1. The van der Waals surface area contributed by atoms with Gasteiger partial charge in [0.1, 0.15) is 5.58 Å². The van der Waals surface area contributed by atoms with Gasteiger partial charge in [0.15, 0.2) is 5.43 Å². The van der Waals surface area contributed by atoms with E-state index in [1.54, 1.807) is 41.6 Å². The molecule has 1 atom stereocenters. The Hall–Kier alpha value is -2.99. The van der Waals surface area contributed by atoms with Gasteiger partial charge in [-0.05, 0) is 50.8 Å². The van der Waals surface area contributed by atoms with E-state index in [2.05, 4.69) is 9.88 Å². The number of carbonyl (C=O) groups is 1. The zero-order chi connectivity index (χ0) is 19.0. The lowest BCUT2D eigenvalue weighted by molar-refractivity contribution is 0.0722. The van der Waals surface area contributed by atoms with Gasteiger partial charge in [-0.2, -0.15) is 0 Å². The summed E-state index contributed by atoms with van der Waals surface area (Å²) in [6.07, 6.45) is 4.19. The van der Waals surface area contributed by atoms with Crippen molar-refractivity contribution in [2.24, 2.45) is 0 Å². The maximum absolute atomic E-state index is 13.2. The molecule has 1 unspecified atom stereocenters. The van der Waals surface area contributed by atoms with E-state index in [4.69, 9.17) is 4.42 Å². The van der Waals surface area contributed by atoms with E-state index in [0.29, 0.717) is 23.1 Å². The van der Waals surface area contributed by atoms with Gasteiger partial charge in [-0.1, -0.05) is 18.2 Å². The van der Waals surface area contributed by atoms with Crippen LogP contribution < -0.4 is 5.43 Å². The molecule has 6 nitrogen and oxygen atoms in total. The number of hydrogen-bond donors (Lipinski definition) is 0. The highest BCUT2D eigenvalue weighted by Gasteiger charge is 2.42. The molecule has 2 aromatic heterocycles. The number of carbonyl (C=O) groups excluding carboxylic acids is 1. The molecule has 3 aromatic rings. The first-order valence-corrected chi connectivity index (χ1v) is 8.99. The Morgan fingerprint density at radius 3 is 2.70 bits per heavy atom. The first-order chi connectivity index (χ1) is 13.1. The Bertz CT molecular complexity index is 1040.